The summed E-state index contributed by atoms with van der Waals surface area (Å²) in [7, 11) is 1.32. The molecule has 8 heteroatoms. The number of ether oxygens (including phenoxy) is 1. The van der Waals surface area contributed by atoms with E-state index in [1.165, 1.54) is 18.9 Å². The van der Waals surface area contributed by atoms with E-state index in [9.17, 15) is 9.59 Å². The van der Waals surface area contributed by atoms with Gasteiger partial charge in [-0.25, -0.2) is 4.79 Å². The Balaban J connectivity index is 1.67. The maximum atomic E-state index is 12.2. The number of rotatable bonds is 5. The fourth-order valence-corrected chi connectivity index (χ4v) is 2.96. The molecule has 0 bridgehead atoms. The molecule has 2 aromatic heterocycles. The number of aryl methyl sites for hydroxylation is 1. The van der Waals surface area contributed by atoms with Crippen LogP contribution in [-0.4, -0.2) is 39.3 Å². The lowest BCUT2D eigenvalue weighted by molar-refractivity contribution is -0.113. The summed E-state index contributed by atoms with van der Waals surface area (Å²) in [5, 5.41) is 11.6. The molecular weight excluding hydrogens is 340 g/mol. The summed E-state index contributed by atoms with van der Waals surface area (Å²) in [5.74, 6) is -0.458. The molecule has 0 spiro atoms. The minimum Gasteiger partial charge on any atom is -0.465 e. The second kappa shape index (κ2) is 7.35. The van der Waals surface area contributed by atoms with Gasteiger partial charge in [0.1, 0.15) is 0 Å². The van der Waals surface area contributed by atoms with E-state index in [0.29, 0.717) is 16.4 Å². The van der Waals surface area contributed by atoms with Crippen LogP contribution in [0, 0.1) is 6.92 Å². The zero-order chi connectivity index (χ0) is 17.8. The third-order valence-corrected chi connectivity index (χ3v) is 4.49. The lowest BCUT2D eigenvalue weighted by Gasteiger charge is -2.09. The number of benzene rings is 1. The van der Waals surface area contributed by atoms with E-state index in [0.717, 1.165) is 11.2 Å². The maximum absolute atomic E-state index is 12.2. The van der Waals surface area contributed by atoms with Crippen molar-refractivity contribution in [1.29, 1.82) is 0 Å². The van der Waals surface area contributed by atoms with Gasteiger partial charge in [-0.2, -0.15) is 0 Å². The first-order valence-corrected chi connectivity index (χ1v) is 8.48. The molecule has 0 saturated heterocycles. The number of methoxy groups -OCH3 is 1. The number of hydrogen-bond acceptors (Lipinski definition) is 6. The molecule has 7 nitrogen and oxygen atoms in total. The van der Waals surface area contributed by atoms with Gasteiger partial charge >= 0.3 is 5.97 Å². The number of anilines is 1. The molecule has 0 radical (unpaired) electrons. The Morgan fingerprint density at radius 2 is 2.08 bits per heavy atom. The molecule has 128 valence electrons. The van der Waals surface area contributed by atoms with Crippen LogP contribution in [0.1, 0.15) is 15.9 Å². The quantitative estimate of drug-likeness (QED) is 0.559. The zero-order valence-corrected chi connectivity index (χ0v) is 14.5. The molecule has 2 heterocycles. The summed E-state index contributed by atoms with van der Waals surface area (Å²) in [4.78, 5) is 23.9. The predicted octanol–water partition coefficient (Wildman–Crippen LogP) is 2.56. The van der Waals surface area contributed by atoms with Crippen LogP contribution < -0.4 is 5.32 Å². The molecule has 1 N–H and O–H groups in total. The Kier molecular flexibility index (Phi) is 4.99. The fourth-order valence-electron chi connectivity index (χ4n) is 2.24. The third-order valence-electron chi connectivity index (χ3n) is 3.55. The smallest absolute Gasteiger partial charge is 0.337 e. The SMILES string of the molecule is COC(=O)c1ccc(C)c(NC(=O)CSc2nnc3ccccn23)c1. The van der Waals surface area contributed by atoms with E-state index < -0.39 is 5.97 Å². The summed E-state index contributed by atoms with van der Waals surface area (Å²) in [6.45, 7) is 1.86. The van der Waals surface area contributed by atoms with E-state index in [1.54, 1.807) is 18.2 Å². The second-order valence-corrected chi connectivity index (χ2v) is 6.21. The number of pyridine rings is 1. The second-order valence-electron chi connectivity index (χ2n) is 5.27. The number of fused-ring (bicyclic) bond motifs is 1. The van der Waals surface area contributed by atoms with Crippen molar-refractivity contribution >= 4 is 35.0 Å². The number of carbonyl (C=O) groups is 2. The molecule has 0 atom stereocenters. The maximum Gasteiger partial charge on any atom is 0.337 e. The van der Waals surface area contributed by atoms with E-state index in [1.807, 2.05) is 35.7 Å². The van der Waals surface area contributed by atoms with Crippen LogP contribution in [0.15, 0.2) is 47.8 Å². The van der Waals surface area contributed by atoms with Crippen LogP contribution >= 0.6 is 11.8 Å². The molecule has 0 aliphatic heterocycles. The summed E-state index contributed by atoms with van der Waals surface area (Å²) in [6.07, 6.45) is 1.85. The number of nitrogens with zero attached hydrogens (tertiary/aromatic N) is 3. The van der Waals surface area contributed by atoms with Gasteiger partial charge in [-0.15, -0.1) is 10.2 Å². The standard InChI is InChI=1S/C17H16N4O3S/c1-11-6-7-12(16(23)24-2)9-13(11)18-15(22)10-25-17-20-19-14-5-3-4-8-21(14)17/h3-9H,10H2,1-2H3,(H,18,22). The lowest BCUT2D eigenvalue weighted by Crippen LogP contribution is -2.15. The molecule has 0 aliphatic rings. The number of esters is 1. The minimum absolute atomic E-state index is 0.178. The zero-order valence-electron chi connectivity index (χ0n) is 13.7. The molecule has 0 aliphatic carbocycles. The topological polar surface area (TPSA) is 85.6 Å². The Morgan fingerprint density at radius 1 is 1.24 bits per heavy atom. The van der Waals surface area contributed by atoms with E-state index in [-0.39, 0.29) is 11.7 Å². The molecular formula is C17H16N4O3S. The van der Waals surface area contributed by atoms with Crippen LogP contribution in [0.25, 0.3) is 5.65 Å². The van der Waals surface area contributed by atoms with Crippen molar-refractivity contribution in [2.45, 2.75) is 12.1 Å². The molecule has 0 unspecified atom stereocenters. The Labute approximate surface area is 148 Å². The van der Waals surface area contributed by atoms with Crippen LogP contribution in [-0.2, 0) is 9.53 Å². The first kappa shape index (κ1) is 17.0. The summed E-state index contributed by atoms with van der Waals surface area (Å²) >= 11 is 1.29. The molecule has 1 aromatic carbocycles. The summed E-state index contributed by atoms with van der Waals surface area (Å²) in [6, 6.07) is 10.6. The largest absolute Gasteiger partial charge is 0.465 e. The van der Waals surface area contributed by atoms with Crippen molar-refractivity contribution < 1.29 is 14.3 Å². The molecule has 3 rings (SSSR count). The van der Waals surface area contributed by atoms with E-state index in [2.05, 4.69) is 15.5 Å². The molecule has 25 heavy (non-hydrogen) atoms. The molecule has 0 saturated carbocycles. The number of nitrogens with one attached hydrogen (secondary N) is 1. The van der Waals surface area contributed by atoms with Crippen molar-refractivity contribution in [1.82, 2.24) is 14.6 Å². The highest BCUT2D eigenvalue weighted by Gasteiger charge is 2.12. The Morgan fingerprint density at radius 3 is 2.88 bits per heavy atom. The van der Waals surface area contributed by atoms with Gasteiger partial charge in [-0.05, 0) is 36.8 Å². The van der Waals surface area contributed by atoms with Crippen molar-refractivity contribution in [3.8, 4) is 0 Å². The Bertz CT molecular complexity index is 939. The highest BCUT2D eigenvalue weighted by atomic mass is 32.2. The van der Waals surface area contributed by atoms with E-state index in [4.69, 9.17) is 4.74 Å². The monoisotopic (exact) mass is 356 g/mol. The van der Waals surface area contributed by atoms with Crippen LogP contribution in [0.3, 0.4) is 0 Å². The van der Waals surface area contributed by atoms with Gasteiger partial charge in [0.25, 0.3) is 0 Å². The van der Waals surface area contributed by atoms with Crippen molar-refractivity contribution in [3.63, 3.8) is 0 Å². The highest BCUT2D eigenvalue weighted by Crippen LogP contribution is 2.20. The number of hydrogen-bond donors (Lipinski definition) is 1. The fraction of sp³-hybridized carbons (Fsp3) is 0.176. The van der Waals surface area contributed by atoms with Gasteiger partial charge < -0.3 is 10.1 Å². The normalized spacial score (nSPS) is 10.6. The molecule has 0 fully saturated rings. The Hall–Kier alpha value is -2.87. The first-order chi connectivity index (χ1) is 12.1. The molecule has 3 aromatic rings. The highest BCUT2D eigenvalue weighted by molar-refractivity contribution is 7.99. The van der Waals surface area contributed by atoms with Crippen LogP contribution in [0.5, 0.6) is 0 Å². The lowest BCUT2D eigenvalue weighted by atomic mass is 10.1. The third kappa shape index (κ3) is 3.80. The summed E-state index contributed by atoms with van der Waals surface area (Å²) in [5.41, 5.74) is 2.56. The average molecular weight is 356 g/mol. The number of thioether (sulfide) groups is 1. The predicted molar refractivity (Wildman–Crippen MR) is 94.9 cm³/mol. The van der Waals surface area contributed by atoms with Gasteiger partial charge in [-0.1, -0.05) is 23.9 Å². The number of carbonyl (C=O) groups excluding carboxylic acids is 2. The van der Waals surface area contributed by atoms with Crippen molar-refractivity contribution in [3.05, 3.63) is 53.7 Å². The summed E-state index contributed by atoms with van der Waals surface area (Å²) < 4.78 is 6.52. The van der Waals surface area contributed by atoms with Gasteiger partial charge in [0, 0.05) is 11.9 Å². The van der Waals surface area contributed by atoms with Crippen LogP contribution in [0.4, 0.5) is 5.69 Å². The minimum atomic E-state index is -0.445. The van der Waals surface area contributed by atoms with E-state index >= 15 is 0 Å². The van der Waals surface area contributed by atoms with Gasteiger partial charge in [0.2, 0.25) is 5.91 Å². The van der Waals surface area contributed by atoms with Gasteiger partial charge in [0.15, 0.2) is 10.8 Å². The van der Waals surface area contributed by atoms with Gasteiger partial charge in [0.05, 0.1) is 18.4 Å². The van der Waals surface area contributed by atoms with Crippen molar-refractivity contribution in [2.24, 2.45) is 0 Å². The van der Waals surface area contributed by atoms with Crippen molar-refractivity contribution in [2.75, 3.05) is 18.2 Å². The van der Waals surface area contributed by atoms with Crippen LogP contribution in [0.2, 0.25) is 0 Å². The first-order valence-electron chi connectivity index (χ1n) is 7.50. The number of amides is 1. The molecule has 1 amide bonds. The average Bonchev–Trinajstić information content (AvgIpc) is 3.04. The van der Waals surface area contributed by atoms with Gasteiger partial charge in [-0.3, -0.25) is 9.20 Å². The number of aromatic nitrogens is 3.